The summed E-state index contributed by atoms with van der Waals surface area (Å²) in [5.41, 5.74) is 1.33. The van der Waals surface area contributed by atoms with Crippen LogP contribution in [0.25, 0.3) is 10.9 Å². The molecule has 1 aromatic carbocycles. The molecule has 1 saturated heterocycles. The normalized spacial score (nSPS) is 39.6. The van der Waals surface area contributed by atoms with Crippen molar-refractivity contribution in [3.8, 4) is 6.07 Å². The van der Waals surface area contributed by atoms with Gasteiger partial charge in [0.15, 0.2) is 5.41 Å². The van der Waals surface area contributed by atoms with Crippen LogP contribution >= 0.6 is 23.8 Å². The summed E-state index contributed by atoms with van der Waals surface area (Å²) < 4.78 is 0. The molecule has 1 aliphatic heterocycles. The van der Waals surface area contributed by atoms with Gasteiger partial charge in [-0.1, -0.05) is 56.3 Å². The average molecular weight is 491 g/mol. The number of nitrogens with one attached hydrogen (secondary N) is 2. The predicted molar refractivity (Wildman–Crippen MR) is 141 cm³/mol. The zero-order valence-electron chi connectivity index (χ0n) is 19.8. The molecule has 0 spiro atoms. The highest BCUT2D eigenvalue weighted by Gasteiger charge is 2.68. The number of H-pyrrole nitrogens is 1. The number of fused-ring (bicyclic) bond motifs is 2. The lowest BCUT2D eigenvalue weighted by molar-refractivity contribution is 0.128. The van der Waals surface area contributed by atoms with Gasteiger partial charge in [0, 0.05) is 16.7 Å². The van der Waals surface area contributed by atoms with E-state index in [-0.39, 0.29) is 5.54 Å². The molecule has 2 heterocycles. The van der Waals surface area contributed by atoms with E-state index in [4.69, 9.17) is 23.8 Å². The largest absolute Gasteiger partial charge is 0.357 e. The molecule has 6 atom stereocenters. The molecule has 2 saturated carbocycles. The van der Waals surface area contributed by atoms with Crippen LogP contribution in [0.15, 0.2) is 42.0 Å². The predicted octanol–water partition coefficient (Wildman–Crippen LogP) is 6.85. The Morgan fingerprint density at radius 2 is 2.06 bits per heavy atom. The number of nitriles is 1. The smallest absolute Gasteiger partial charge is 0.167 e. The lowest BCUT2D eigenvalue weighted by Gasteiger charge is -2.47. The van der Waals surface area contributed by atoms with Gasteiger partial charge in [-0.3, -0.25) is 5.41 Å². The van der Waals surface area contributed by atoms with Gasteiger partial charge in [0.25, 0.3) is 0 Å². The number of rotatable bonds is 3. The highest BCUT2D eigenvalue weighted by atomic mass is 35.5. The van der Waals surface area contributed by atoms with Crippen molar-refractivity contribution in [2.75, 3.05) is 0 Å². The van der Waals surface area contributed by atoms with Crippen LogP contribution in [0, 0.1) is 34.5 Å². The van der Waals surface area contributed by atoms with Crippen LogP contribution in [0.2, 0.25) is 0 Å². The van der Waals surface area contributed by atoms with Crippen LogP contribution < -0.4 is 0 Å². The van der Waals surface area contributed by atoms with Crippen LogP contribution in [0.4, 0.5) is 0 Å². The number of para-hydroxylation sites is 1. The third kappa shape index (κ3) is 2.76. The van der Waals surface area contributed by atoms with Gasteiger partial charge >= 0.3 is 0 Å². The molecule has 0 radical (unpaired) electrons. The van der Waals surface area contributed by atoms with E-state index in [1.807, 2.05) is 24.3 Å². The number of halogens is 1. The quantitative estimate of drug-likeness (QED) is 0.281. The maximum atomic E-state index is 11.0. The van der Waals surface area contributed by atoms with E-state index in [0.29, 0.717) is 22.7 Å². The Morgan fingerprint density at radius 1 is 1.26 bits per heavy atom. The lowest BCUT2D eigenvalue weighted by Crippen LogP contribution is -2.56. The van der Waals surface area contributed by atoms with Gasteiger partial charge in [-0.2, -0.15) is 5.26 Å². The zero-order chi connectivity index (χ0) is 23.9. The van der Waals surface area contributed by atoms with Crippen molar-refractivity contribution in [2.24, 2.45) is 17.8 Å². The van der Waals surface area contributed by atoms with E-state index in [9.17, 15) is 10.7 Å². The first-order valence-electron chi connectivity index (χ1n) is 12.6. The second kappa shape index (κ2) is 7.42. The van der Waals surface area contributed by atoms with E-state index in [1.54, 1.807) is 0 Å². The Labute approximate surface area is 211 Å². The Morgan fingerprint density at radius 3 is 2.79 bits per heavy atom. The molecule has 6 rings (SSSR count). The number of hydrogen-bond donors (Lipinski definition) is 2. The van der Waals surface area contributed by atoms with Crippen LogP contribution in [0.3, 0.4) is 0 Å². The molecule has 2 N–H and O–H groups in total. The van der Waals surface area contributed by atoms with Crippen molar-refractivity contribution in [1.29, 1.82) is 10.7 Å². The zero-order valence-corrected chi connectivity index (χ0v) is 21.4. The van der Waals surface area contributed by atoms with Gasteiger partial charge in [0.1, 0.15) is 5.84 Å². The fraction of sp³-hybridized carbons (Fsp3) is 0.536. The topological polar surface area (TPSA) is 66.7 Å². The molecule has 1 aromatic heterocycles. The molecule has 0 bridgehead atoms. The van der Waals surface area contributed by atoms with Crippen LogP contribution in [0.5, 0.6) is 0 Å². The third-order valence-electron chi connectivity index (χ3n) is 9.47. The fourth-order valence-corrected chi connectivity index (χ4v) is 8.22. The summed E-state index contributed by atoms with van der Waals surface area (Å²) in [7, 11) is 0. The summed E-state index contributed by atoms with van der Waals surface area (Å²) in [6.45, 7) is 4.53. The number of aromatic nitrogens is 1. The first kappa shape index (κ1) is 22.3. The van der Waals surface area contributed by atoms with Crippen molar-refractivity contribution in [1.82, 2.24) is 9.88 Å². The summed E-state index contributed by atoms with van der Waals surface area (Å²) in [5.74, 6) is 0.749. The van der Waals surface area contributed by atoms with Crippen LogP contribution in [-0.4, -0.2) is 31.1 Å². The van der Waals surface area contributed by atoms with Crippen LogP contribution in [-0.2, 0) is 5.41 Å². The molecule has 34 heavy (non-hydrogen) atoms. The molecule has 4 unspecified atom stereocenters. The van der Waals surface area contributed by atoms with E-state index in [1.165, 1.54) is 6.42 Å². The minimum Gasteiger partial charge on any atom is -0.357 e. The number of allylic oxidation sites excluding steroid dienone is 1. The molecule has 0 amide bonds. The number of benzene rings is 1. The summed E-state index contributed by atoms with van der Waals surface area (Å²) in [5, 5.41) is 21.6. The molecular formula is C28H31ClN4S. The van der Waals surface area contributed by atoms with Crippen molar-refractivity contribution in [2.45, 2.75) is 74.6 Å². The summed E-state index contributed by atoms with van der Waals surface area (Å²) in [6, 6.07) is 12.8. The standard InChI is InChI=1S/C28H31ClN4S/c1-17-8-5-6-13-26(17,2)33-24(34)23(20-11-7-10-19-15-28(19,20)29)27(16-30,25(33)31)22-14-18-9-3-4-12-21(18)32-22/h3-4,9,11-12,14,17,19,23,31-32H,5-8,10,13,15H2,1-2H3/t17-,19?,23?,26-,27?,28?/m0/s1. The number of alkyl halides is 1. The molecule has 2 aromatic rings. The van der Waals surface area contributed by atoms with Gasteiger partial charge in [-0.05, 0) is 74.0 Å². The van der Waals surface area contributed by atoms with Crippen molar-refractivity contribution >= 4 is 45.5 Å². The SMILES string of the molecule is C[C@H]1CCCC[C@]1(C)N1C(=N)C(C#N)(c2cc3ccccc3[nH]2)C(C2=CCCC3CC23Cl)C1=S. The Hall–Kier alpha value is -2.16. The van der Waals surface area contributed by atoms with Gasteiger partial charge in [0.05, 0.1) is 21.8 Å². The van der Waals surface area contributed by atoms with Gasteiger partial charge in [-0.15, -0.1) is 11.6 Å². The molecule has 6 heteroatoms. The fourth-order valence-electron chi connectivity index (χ4n) is 7.13. The third-order valence-corrected chi connectivity index (χ3v) is 10.6. The lowest BCUT2D eigenvalue weighted by atomic mass is 9.69. The van der Waals surface area contributed by atoms with E-state index in [0.717, 1.165) is 60.7 Å². The molecular weight excluding hydrogens is 460 g/mol. The Kier molecular flexibility index (Phi) is 4.87. The molecule has 3 fully saturated rings. The maximum Gasteiger partial charge on any atom is 0.167 e. The summed E-state index contributed by atoms with van der Waals surface area (Å²) in [4.78, 5) is 5.89. The molecule has 3 aliphatic carbocycles. The second-order valence-corrected chi connectivity index (χ2v) is 12.2. The first-order valence-corrected chi connectivity index (χ1v) is 13.4. The number of likely N-dealkylation sites (tertiary alicyclic amines) is 1. The minimum atomic E-state index is -1.21. The number of nitrogens with zero attached hydrogens (tertiary/aromatic N) is 2. The van der Waals surface area contributed by atoms with Crippen LogP contribution in [0.1, 0.15) is 64.5 Å². The van der Waals surface area contributed by atoms with Crippen molar-refractivity contribution < 1.29 is 0 Å². The van der Waals surface area contributed by atoms with E-state index < -0.39 is 16.2 Å². The number of thiocarbonyl (C=S) groups is 1. The minimum absolute atomic E-state index is 0.271. The monoisotopic (exact) mass is 490 g/mol. The van der Waals surface area contributed by atoms with Crippen molar-refractivity contribution in [3.05, 3.63) is 47.7 Å². The highest BCUT2D eigenvalue weighted by Crippen LogP contribution is 2.65. The number of amidine groups is 1. The summed E-state index contributed by atoms with van der Waals surface area (Å²) in [6.07, 6.45) is 9.65. The summed E-state index contributed by atoms with van der Waals surface area (Å²) >= 11 is 13.5. The maximum absolute atomic E-state index is 11.0. The first-order chi connectivity index (χ1) is 16.3. The highest BCUT2D eigenvalue weighted by molar-refractivity contribution is 7.80. The second-order valence-electron chi connectivity index (χ2n) is 11.1. The molecule has 4 aliphatic rings. The van der Waals surface area contributed by atoms with Gasteiger partial charge < -0.3 is 9.88 Å². The van der Waals surface area contributed by atoms with Gasteiger partial charge in [-0.25, -0.2) is 0 Å². The van der Waals surface area contributed by atoms with Crippen molar-refractivity contribution in [3.63, 3.8) is 0 Å². The number of aromatic amines is 1. The van der Waals surface area contributed by atoms with E-state index in [2.05, 4.69) is 41.9 Å². The van der Waals surface area contributed by atoms with E-state index >= 15 is 0 Å². The average Bonchev–Trinajstić information content (AvgIpc) is 3.23. The van der Waals surface area contributed by atoms with Gasteiger partial charge in [0.2, 0.25) is 0 Å². The Bertz CT molecular complexity index is 1260. The Balaban J connectivity index is 1.58. The molecule has 4 nitrogen and oxygen atoms in total. The molecule has 176 valence electrons. The number of hydrogen-bond acceptors (Lipinski definition) is 3.